The van der Waals surface area contributed by atoms with Crippen LogP contribution in [0.2, 0.25) is 0 Å². The maximum Gasteiger partial charge on any atom is 0.258 e. The van der Waals surface area contributed by atoms with Gasteiger partial charge in [-0.1, -0.05) is 6.58 Å². The molecule has 220 valence electrons. The molecule has 3 aromatic heterocycles. The fraction of sp³-hybridized carbons (Fsp3) is 0.258. The summed E-state index contributed by atoms with van der Waals surface area (Å²) < 4.78 is 35.3. The van der Waals surface area contributed by atoms with Crippen LogP contribution in [0.1, 0.15) is 18.4 Å². The highest BCUT2D eigenvalue weighted by Gasteiger charge is 2.25. The van der Waals surface area contributed by atoms with Crippen LogP contribution >= 0.6 is 0 Å². The molecule has 2 aromatic carbocycles. The highest BCUT2D eigenvalue weighted by molar-refractivity contribution is 5.89. The number of imidazole rings is 1. The summed E-state index contributed by atoms with van der Waals surface area (Å²) in [7, 11) is 3.44. The number of piperidine rings is 1. The summed E-state index contributed by atoms with van der Waals surface area (Å²) in [5.41, 5.74) is 3.16. The highest BCUT2D eigenvalue weighted by Crippen LogP contribution is 2.36. The van der Waals surface area contributed by atoms with Crippen LogP contribution in [-0.2, 0) is 11.8 Å². The van der Waals surface area contributed by atoms with Gasteiger partial charge in [0.1, 0.15) is 29.4 Å². The van der Waals surface area contributed by atoms with E-state index in [1.54, 1.807) is 36.4 Å². The minimum atomic E-state index is -0.492. The molecule has 1 fully saturated rings. The van der Waals surface area contributed by atoms with Crippen LogP contribution in [0.4, 0.5) is 15.9 Å². The van der Waals surface area contributed by atoms with Crippen LogP contribution in [0.5, 0.6) is 23.1 Å². The number of anilines is 2. The molecule has 5 aromatic rings. The van der Waals surface area contributed by atoms with Crippen LogP contribution in [0.3, 0.4) is 0 Å². The second-order valence-electron chi connectivity index (χ2n) is 10.2. The summed E-state index contributed by atoms with van der Waals surface area (Å²) in [6.45, 7) is 6.31. The Hall–Kier alpha value is -5.26. The van der Waals surface area contributed by atoms with Gasteiger partial charge in [-0.15, -0.1) is 0 Å². The molecule has 0 radical (unpaired) electrons. The van der Waals surface area contributed by atoms with Crippen LogP contribution in [0, 0.1) is 12.7 Å². The minimum absolute atomic E-state index is 0.0965. The zero-order valence-electron chi connectivity index (χ0n) is 24.0. The Labute approximate surface area is 247 Å². The van der Waals surface area contributed by atoms with Crippen molar-refractivity contribution >= 4 is 39.5 Å². The lowest BCUT2D eigenvalue weighted by atomic mass is 10.1. The Bertz CT molecular complexity index is 1850. The fourth-order valence-corrected chi connectivity index (χ4v) is 5.06. The van der Waals surface area contributed by atoms with Gasteiger partial charge in [0.2, 0.25) is 5.91 Å². The van der Waals surface area contributed by atoms with Crippen molar-refractivity contribution in [1.82, 2.24) is 29.4 Å². The third-order valence-electron chi connectivity index (χ3n) is 7.48. The Balaban J connectivity index is 1.24. The van der Waals surface area contributed by atoms with Crippen molar-refractivity contribution in [3.63, 3.8) is 0 Å². The molecule has 11 nitrogen and oxygen atoms in total. The number of hydrogen-bond donors (Lipinski definition) is 1. The van der Waals surface area contributed by atoms with E-state index >= 15 is 4.39 Å². The molecule has 1 N–H and O–H groups in total. The van der Waals surface area contributed by atoms with Crippen molar-refractivity contribution in [2.45, 2.75) is 25.9 Å². The number of carbonyl (C=O) groups is 1. The number of fused-ring (bicyclic) bond motifs is 2. The Morgan fingerprint density at radius 1 is 1.09 bits per heavy atom. The van der Waals surface area contributed by atoms with Gasteiger partial charge in [0.25, 0.3) is 5.88 Å². The molecule has 12 heteroatoms. The Morgan fingerprint density at radius 3 is 2.67 bits per heavy atom. The molecule has 0 spiro atoms. The maximum absolute atomic E-state index is 15.6. The van der Waals surface area contributed by atoms with Gasteiger partial charge < -0.3 is 29.0 Å². The second kappa shape index (κ2) is 11.6. The molecule has 1 aliphatic rings. The molecular weight excluding hydrogens is 553 g/mol. The van der Waals surface area contributed by atoms with Gasteiger partial charge in [0.05, 0.1) is 35.7 Å². The quantitative estimate of drug-likeness (QED) is 0.238. The molecule has 0 aliphatic carbocycles. The predicted molar refractivity (Wildman–Crippen MR) is 160 cm³/mol. The van der Waals surface area contributed by atoms with Gasteiger partial charge in [0, 0.05) is 50.7 Å². The summed E-state index contributed by atoms with van der Waals surface area (Å²) >= 11 is 0. The molecule has 43 heavy (non-hydrogen) atoms. The first-order valence-electron chi connectivity index (χ1n) is 13.8. The van der Waals surface area contributed by atoms with E-state index in [0.29, 0.717) is 65.6 Å². The van der Waals surface area contributed by atoms with Crippen molar-refractivity contribution < 1.29 is 23.4 Å². The van der Waals surface area contributed by atoms with E-state index in [0.717, 1.165) is 11.0 Å². The number of benzene rings is 2. The number of methoxy groups -OCH3 is 1. The van der Waals surface area contributed by atoms with Crippen molar-refractivity contribution in [2.75, 3.05) is 25.5 Å². The molecule has 0 atom stereocenters. The fourth-order valence-electron chi connectivity index (χ4n) is 5.06. The standard InChI is InChI=1S/C31H30FN7O4/c1-5-27(40)39-12-10-19(11-13-39)43-31-26(41-4)15-23-29(37-31)30(34-16-33-23)36-21-7-9-25(18(2)28(21)32)42-20-6-8-24-22(14-20)35-17-38(24)3/h5-9,14-17,19H,1,10-13H2,2-4H3,(H,33,34,36). The topological polar surface area (TPSA) is 117 Å². The number of aromatic nitrogens is 5. The van der Waals surface area contributed by atoms with E-state index in [1.807, 2.05) is 29.8 Å². The van der Waals surface area contributed by atoms with Gasteiger partial charge >= 0.3 is 0 Å². The van der Waals surface area contributed by atoms with Crippen molar-refractivity contribution in [3.8, 4) is 23.1 Å². The van der Waals surface area contributed by atoms with Gasteiger partial charge in [-0.2, -0.15) is 0 Å². The van der Waals surface area contributed by atoms with Crippen LogP contribution < -0.4 is 19.5 Å². The number of halogens is 1. The average molecular weight is 584 g/mol. The molecule has 0 bridgehead atoms. The maximum atomic E-state index is 15.6. The summed E-state index contributed by atoms with van der Waals surface area (Å²) in [6.07, 6.45) is 5.51. The number of likely N-dealkylation sites (tertiary alicyclic amines) is 1. The lowest BCUT2D eigenvalue weighted by Gasteiger charge is -2.31. The number of aryl methyl sites for hydroxylation is 1. The zero-order valence-corrected chi connectivity index (χ0v) is 24.0. The number of carbonyl (C=O) groups excluding carboxylic acids is 1. The van der Waals surface area contributed by atoms with Gasteiger partial charge in [-0.05, 0) is 37.3 Å². The third-order valence-corrected chi connectivity index (χ3v) is 7.48. The molecule has 6 rings (SSSR count). The van der Waals surface area contributed by atoms with E-state index in [4.69, 9.17) is 14.2 Å². The molecule has 0 saturated carbocycles. The van der Waals surface area contributed by atoms with Crippen molar-refractivity contribution in [3.05, 3.63) is 73.1 Å². The van der Waals surface area contributed by atoms with E-state index < -0.39 is 5.82 Å². The first kappa shape index (κ1) is 27.9. The predicted octanol–water partition coefficient (Wildman–Crippen LogP) is 5.46. The van der Waals surface area contributed by atoms with Crippen LogP contribution in [0.25, 0.3) is 22.1 Å². The molecule has 1 amide bonds. The first-order valence-corrected chi connectivity index (χ1v) is 13.8. The Morgan fingerprint density at radius 2 is 1.91 bits per heavy atom. The number of hydrogen-bond acceptors (Lipinski definition) is 9. The number of rotatable bonds is 8. The molecule has 1 aliphatic heterocycles. The largest absolute Gasteiger partial charge is 0.491 e. The summed E-state index contributed by atoms with van der Waals surface area (Å²) in [5, 5.41) is 3.06. The lowest BCUT2D eigenvalue weighted by molar-refractivity contribution is -0.127. The number of nitrogens with zero attached hydrogens (tertiary/aromatic N) is 6. The number of amides is 1. The highest BCUT2D eigenvalue weighted by atomic mass is 19.1. The third kappa shape index (κ3) is 5.51. The normalized spacial score (nSPS) is 13.7. The monoisotopic (exact) mass is 583 g/mol. The Kier molecular flexibility index (Phi) is 7.49. The summed E-state index contributed by atoms with van der Waals surface area (Å²) in [6, 6.07) is 10.5. The first-order chi connectivity index (χ1) is 20.8. The average Bonchev–Trinajstić information content (AvgIpc) is 3.40. The number of pyridine rings is 1. The van der Waals surface area contributed by atoms with Crippen LogP contribution in [-0.4, -0.2) is 61.6 Å². The van der Waals surface area contributed by atoms with Gasteiger partial charge in [0.15, 0.2) is 17.4 Å². The van der Waals surface area contributed by atoms with Crippen molar-refractivity contribution in [1.29, 1.82) is 0 Å². The van der Waals surface area contributed by atoms with Gasteiger partial charge in [-0.25, -0.2) is 24.3 Å². The molecule has 1 saturated heterocycles. The van der Waals surface area contributed by atoms with Gasteiger partial charge in [-0.3, -0.25) is 4.79 Å². The second-order valence-corrected chi connectivity index (χ2v) is 10.2. The number of nitrogens with one attached hydrogen (secondary N) is 1. The van der Waals surface area contributed by atoms with Crippen LogP contribution in [0.15, 0.2) is 61.7 Å². The number of ether oxygens (including phenoxy) is 3. The summed E-state index contributed by atoms with van der Waals surface area (Å²) in [5.74, 6) is 1.33. The van der Waals surface area contributed by atoms with E-state index in [-0.39, 0.29) is 23.6 Å². The molecule has 0 unspecified atom stereocenters. The van der Waals surface area contributed by atoms with E-state index in [2.05, 4.69) is 31.8 Å². The van der Waals surface area contributed by atoms with Crippen molar-refractivity contribution in [2.24, 2.45) is 7.05 Å². The minimum Gasteiger partial charge on any atom is -0.491 e. The van der Waals surface area contributed by atoms with E-state index in [9.17, 15) is 4.79 Å². The van der Waals surface area contributed by atoms with E-state index in [1.165, 1.54) is 19.5 Å². The smallest absolute Gasteiger partial charge is 0.258 e. The lowest BCUT2D eigenvalue weighted by Crippen LogP contribution is -2.41. The summed E-state index contributed by atoms with van der Waals surface area (Å²) in [4.78, 5) is 31.4. The molecule has 4 heterocycles. The molecular formula is C31H30FN7O4. The SMILES string of the molecule is C=CC(=O)N1CCC(Oc2nc3c(Nc4ccc(Oc5ccc6c(c5)ncn6C)c(C)c4F)ncnc3cc2OC)CC1. The zero-order chi connectivity index (χ0) is 30.1.